The van der Waals surface area contributed by atoms with Gasteiger partial charge in [0.1, 0.15) is 5.75 Å². The highest BCUT2D eigenvalue weighted by Gasteiger charge is 2.24. The van der Waals surface area contributed by atoms with E-state index >= 15 is 0 Å². The van der Waals surface area contributed by atoms with E-state index in [2.05, 4.69) is 26.5 Å². The van der Waals surface area contributed by atoms with Crippen LogP contribution in [-0.2, 0) is 4.74 Å². The van der Waals surface area contributed by atoms with E-state index < -0.39 is 0 Å². The third kappa shape index (κ3) is 5.95. The van der Waals surface area contributed by atoms with Crippen LogP contribution in [0.25, 0.3) is 0 Å². The van der Waals surface area contributed by atoms with Crippen molar-refractivity contribution < 1.29 is 19.1 Å². The molecule has 0 saturated carbocycles. The first kappa shape index (κ1) is 25.1. The third-order valence-corrected chi connectivity index (χ3v) is 6.17. The van der Waals surface area contributed by atoms with Crippen molar-refractivity contribution in [2.24, 2.45) is 0 Å². The molecule has 0 atom stereocenters. The number of hydrogen-bond acceptors (Lipinski definition) is 6. The molecule has 8 nitrogen and oxygen atoms in total. The van der Waals surface area contributed by atoms with Gasteiger partial charge in [-0.25, -0.2) is 0 Å². The van der Waals surface area contributed by atoms with Gasteiger partial charge in [0.2, 0.25) is 0 Å². The number of amides is 2. The summed E-state index contributed by atoms with van der Waals surface area (Å²) in [5.41, 5.74) is 3.54. The fraction of sp³-hybridized carbons (Fsp3) is 0.286. The molecular formula is C28H32N4O4. The Morgan fingerprint density at radius 3 is 2.17 bits per heavy atom. The molecule has 3 aromatic carbocycles. The van der Waals surface area contributed by atoms with Crippen molar-refractivity contribution in [3.05, 3.63) is 83.9 Å². The minimum atomic E-state index is -0.223. The summed E-state index contributed by atoms with van der Waals surface area (Å²) in [5.74, 6) is 0.423. The topological polar surface area (TPSA) is 83.1 Å². The number of anilines is 3. The molecule has 1 heterocycles. The van der Waals surface area contributed by atoms with Crippen molar-refractivity contribution in [1.82, 2.24) is 5.32 Å². The van der Waals surface area contributed by atoms with Crippen LogP contribution in [0, 0.1) is 0 Å². The van der Waals surface area contributed by atoms with E-state index in [1.807, 2.05) is 48.5 Å². The van der Waals surface area contributed by atoms with Gasteiger partial charge in [-0.15, -0.1) is 0 Å². The van der Waals surface area contributed by atoms with Gasteiger partial charge in [0.15, 0.2) is 0 Å². The Bertz CT molecular complexity index is 1180. The SMILES string of the molecule is COCCNC(=O)c1cc(NC(=O)c2ccccc2)ccc1N1CCN(c2ccccc2OC)CC1. The summed E-state index contributed by atoms with van der Waals surface area (Å²) in [6.45, 7) is 3.88. The number of piperazine rings is 1. The second-order valence-corrected chi connectivity index (χ2v) is 8.45. The highest BCUT2D eigenvalue weighted by Crippen LogP contribution is 2.31. The van der Waals surface area contributed by atoms with Crippen molar-refractivity contribution in [3.8, 4) is 5.75 Å². The predicted molar refractivity (Wildman–Crippen MR) is 142 cm³/mol. The number of nitrogens with zero attached hydrogens (tertiary/aromatic N) is 2. The van der Waals surface area contributed by atoms with Gasteiger partial charge >= 0.3 is 0 Å². The summed E-state index contributed by atoms with van der Waals surface area (Å²) in [6, 6.07) is 22.5. The minimum Gasteiger partial charge on any atom is -0.495 e. The quantitative estimate of drug-likeness (QED) is 0.448. The molecule has 1 saturated heterocycles. The van der Waals surface area contributed by atoms with Crippen molar-refractivity contribution in [2.75, 3.05) is 68.7 Å². The zero-order chi connectivity index (χ0) is 25.3. The lowest BCUT2D eigenvalue weighted by Gasteiger charge is -2.38. The van der Waals surface area contributed by atoms with Crippen molar-refractivity contribution in [3.63, 3.8) is 0 Å². The van der Waals surface area contributed by atoms with Gasteiger partial charge < -0.3 is 29.9 Å². The molecule has 2 amide bonds. The highest BCUT2D eigenvalue weighted by atomic mass is 16.5. The van der Waals surface area contributed by atoms with Gasteiger partial charge in [0.25, 0.3) is 11.8 Å². The Morgan fingerprint density at radius 2 is 1.47 bits per heavy atom. The van der Waals surface area contributed by atoms with Crippen LogP contribution in [0.4, 0.5) is 17.1 Å². The lowest BCUT2D eigenvalue weighted by molar-refractivity contribution is 0.0936. The maximum Gasteiger partial charge on any atom is 0.255 e. The van der Waals surface area contributed by atoms with Gasteiger partial charge in [0.05, 0.1) is 25.0 Å². The molecule has 0 aromatic heterocycles. The van der Waals surface area contributed by atoms with Crippen LogP contribution in [0.3, 0.4) is 0 Å². The van der Waals surface area contributed by atoms with Crippen LogP contribution >= 0.6 is 0 Å². The normalized spacial score (nSPS) is 13.3. The summed E-state index contributed by atoms with van der Waals surface area (Å²) in [5, 5.41) is 5.82. The average molecular weight is 489 g/mol. The standard InChI is InChI=1S/C28H32N4O4/c1-35-19-14-29-28(34)23-20-22(30-27(33)21-8-4-3-5-9-21)12-13-24(23)31-15-17-32(18-16-31)25-10-6-7-11-26(25)36-2/h3-13,20H,14-19H2,1-2H3,(H,29,34)(H,30,33). The van der Waals surface area contributed by atoms with Gasteiger partial charge in [-0.3, -0.25) is 9.59 Å². The van der Waals surface area contributed by atoms with E-state index in [-0.39, 0.29) is 11.8 Å². The van der Waals surface area contributed by atoms with Crippen molar-refractivity contribution >= 4 is 28.9 Å². The lowest BCUT2D eigenvalue weighted by atomic mass is 10.1. The van der Waals surface area contributed by atoms with Gasteiger partial charge in [-0.1, -0.05) is 30.3 Å². The molecule has 36 heavy (non-hydrogen) atoms. The van der Waals surface area contributed by atoms with Gasteiger partial charge in [-0.2, -0.15) is 0 Å². The summed E-state index contributed by atoms with van der Waals surface area (Å²) >= 11 is 0. The Balaban J connectivity index is 1.53. The number of carbonyl (C=O) groups excluding carboxylic acids is 2. The molecule has 4 rings (SSSR count). The number of benzene rings is 3. The summed E-state index contributed by atoms with van der Waals surface area (Å²) in [7, 11) is 3.28. The number of para-hydroxylation sites is 2. The van der Waals surface area contributed by atoms with E-state index in [1.165, 1.54) is 0 Å². The first-order valence-electron chi connectivity index (χ1n) is 12.0. The third-order valence-electron chi connectivity index (χ3n) is 6.17. The molecule has 1 aliphatic rings. The van der Waals surface area contributed by atoms with Crippen LogP contribution in [0.2, 0.25) is 0 Å². The maximum absolute atomic E-state index is 13.1. The minimum absolute atomic E-state index is 0.204. The van der Waals surface area contributed by atoms with Gasteiger partial charge in [0, 0.05) is 56.8 Å². The average Bonchev–Trinajstić information content (AvgIpc) is 2.93. The zero-order valence-electron chi connectivity index (χ0n) is 20.7. The molecule has 8 heteroatoms. The molecule has 0 aliphatic carbocycles. The number of nitrogens with one attached hydrogen (secondary N) is 2. The Labute approximate surface area is 211 Å². The number of carbonyl (C=O) groups is 2. The Kier molecular flexibility index (Phi) is 8.41. The molecule has 1 aliphatic heterocycles. The molecule has 3 aromatic rings. The number of methoxy groups -OCH3 is 2. The fourth-order valence-electron chi connectivity index (χ4n) is 4.31. The number of ether oxygens (including phenoxy) is 2. The number of hydrogen-bond donors (Lipinski definition) is 2. The Morgan fingerprint density at radius 1 is 0.806 bits per heavy atom. The van der Waals surface area contributed by atoms with Crippen LogP contribution in [0.1, 0.15) is 20.7 Å². The molecule has 0 bridgehead atoms. The number of rotatable bonds is 9. The summed E-state index contributed by atoms with van der Waals surface area (Å²) in [6.07, 6.45) is 0. The molecule has 2 N–H and O–H groups in total. The maximum atomic E-state index is 13.1. The molecule has 0 radical (unpaired) electrons. The monoisotopic (exact) mass is 488 g/mol. The van der Waals surface area contributed by atoms with Crippen LogP contribution < -0.4 is 25.2 Å². The van der Waals surface area contributed by atoms with Crippen molar-refractivity contribution in [2.45, 2.75) is 0 Å². The fourth-order valence-corrected chi connectivity index (χ4v) is 4.31. The van der Waals surface area contributed by atoms with E-state index in [0.29, 0.717) is 30.0 Å². The van der Waals surface area contributed by atoms with Crippen molar-refractivity contribution in [1.29, 1.82) is 0 Å². The largest absolute Gasteiger partial charge is 0.495 e. The van der Waals surface area contributed by atoms with Gasteiger partial charge in [-0.05, 0) is 42.5 Å². The first-order chi connectivity index (χ1) is 17.6. The molecule has 188 valence electrons. The molecule has 0 spiro atoms. The van der Waals surface area contributed by atoms with Crippen LogP contribution in [-0.4, -0.2) is 65.4 Å². The van der Waals surface area contributed by atoms with E-state index in [9.17, 15) is 9.59 Å². The predicted octanol–water partition coefficient (Wildman–Crippen LogP) is 3.65. The highest BCUT2D eigenvalue weighted by molar-refractivity contribution is 6.06. The molecule has 0 unspecified atom stereocenters. The van der Waals surface area contributed by atoms with Crippen LogP contribution in [0.15, 0.2) is 72.8 Å². The summed E-state index contributed by atoms with van der Waals surface area (Å²) in [4.78, 5) is 30.3. The second-order valence-electron chi connectivity index (χ2n) is 8.45. The lowest BCUT2D eigenvalue weighted by Crippen LogP contribution is -2.47. The second kappa shape index (κ2) is 12.1. The Hall–Kier alpha value is -4.04. The van der Waals surface area contributed by atoms with E-state index in [0.717, 1.165) is 43.3 Å². The summed E-state index contributed by atoms with van der Waals surface area (Å²) < 4.78 is 10.6. The smallest absolute Gasteiger partial charge is 0.255 e. The zero-order valence-corrected chi connectivity index (χ0v) is 20.7. The molecule has 1 fully saturated rings. The van der Waals surface area contributed by atoms with E-state index in [1.54, 1.807) is 32.4 Å². The first-order valence-corrected chi connectivity index (χ1v) is 12.0. The van der Waals surface area contributed by atoms with E-state index in [4.69, 9.17) is 9.47 Å². The molecular weight excluding hydrogens is 456 g/mol. The van der Waals surface area contributed by atoms with Crippen LogP contribution in [0.5, 0.6) is 5.75 Å².